The van der Waals surface area contributed by atoms with Crippen molar-refractivity contribution in [2.75, 3.05) is 0 Å². The number of thiophene rings is 1. The summed E-state index contributed by atoms with van der Waals surface area (Å²) in [7, 11) is 0. The summed E-state index contributed by atoms with van der Waals surface area (Å²) in [5.74, 6) is 0. The minimum Gasteiger partial charge on any atom is -0.135 e. The molecule has 0 bridgehead atoms. The zero-order valence-electron chi connectivity index (χ0n) is 27.9. The van der Waals surface area contributed by atoms with Crippen molar-refractivity contribution in [2.24, 2.45) is 0 Å². The van der Waals surface area contributed by atoms with Crippen LogP contribution in [-0.4, -0.2) is 0 Å². The molecule has 1 aromatic heterocycles. The third kappa shape index (κ3) is 5.22. The molecule has 0 saturated heterocycles. The van der Waals surface area contributed by atoms with Gasteiger partial charge in [0, 0.05) is 9.75 Å². The van der Waals surface area contributed by atoms with Gasteiger partial charge in [0.05, 0.1) is 0 Å². The predicted molar refractivity (Wildman–Crippen MR) is 222 cm³/mol. The van der Waals surface area contributed by atoms with Gasteiger partial charge in [-0.2, -0.15) is 0 Å². The Kier molecular flexibility index (Phi) is 7.11. The molecule has 0 spiro atoms. The Balaban J connectivity index is 1.17. The number of fused-ring (bicyclic) bond motifs is 4. The second kappa shape index (κ2) is 12.2. The van der Waals surface area contributed by atoms with Crippen molar-refractivity contribution >= 4 is 54.4 Å². The molecular formula is C50H32S. The lowest BCUT2D eigenvalue weighted by Crippen LogP contribution is -1.92. The fourth-order valence-electron chi connectivity index (χ4n) is 7.75. The molecule has 0 radical (unpaired) electrons. The smallest absolute Gasteiger partial charge is 0.0349 e. The molecule has 0 amide bonds. The van der Waals surface area contributed by atoms with Crippen LogP contribution in [0.4, 0.5) is 0 Å². The summed E-state index contributed by atoms with van der Waals surface area (Å²) in [6.07, 6.45) is 0. The van der Waals surface area contributed by atoms with E-state index < -0.39 is 0 Å². The molecule has 0 saturated carbocycles. The summed E-state index contributed by atoms with van der Waals surface area (Å²) in [5, 5.41) is 10.1. The minimum absolute atomic E-state index is 1.21. The first-order valence-electron chi connectivity index (χ1n) is 17.5. The Morgan fingerprint density at radius 1 is 0.235 bits per heavy atom. The molecule has 238 valence electrons. The molecule has 0 aliphatic carbocycles. The summed E-state index contributed by atoms with van der Waals surface area (Å²) in [5.41, 5.74) is 9.97. The average Bonchev–Trinajstić information content (AvgIpc) is 3.70. The Labute approximate surface area is 301 Å². The molecule has 0 aliphatic rings. The summed E-state index contributed by atoms with van der Waals surface area (Å²) in [4.78, 5) is 2.57. The summed E-state index contributed by atoms with van der Waals surface area (Å²) in [6, 6.07) is 71.4. The van der Waals surface area contributed by atoms with E-state index in [9.17, 15) is 0 Å². The largest absolute Gasteiger partial charge is 0.135 e. The third-order valence-electron chi connectivity index (χ3n) is 10.3. The van der Waals surface area contributed by atoms with Crippen molar-refractivity contribution in [1.82, 2.24) is 0 Å². The number of hydrogen-bond acceptors (Lipinski definition) is 1. The van der Waals surface area contributed by atoms with Gasteiger partial charge in [0.15, 0.2) is 0 Å². The van der Waals surface area contributed by atoms with E-state index in [-0.39, 0.29) is 0 Å². The number of rotatable bonds is 5. The third-order valence-corrected chi connectivity index (χ3v) is 11.5. The number of benzene rings is 9. The topological polar surface area (TPSA) is 0 Å². The van der Waals surface area contributed by atoms with Gasteiger partial charge < -0.3 is 0 Å². The summed E-state index contributed by atoms with van der Waals surface area (Å²) >= 11 is 1.84. The van der Waals surface area contributed by atoms with E-state index in [1.807, 2.05) is 11.3 Å². The van der Waals surface area contributed by atoms with Crippen LogP contribution >= 0.6 is 11.3 Å². The molecule has 0 unspecified atom stereocenters. The van der Waals surface area contributed by atoms with Crippen LogP contribution in [0.25, 0.3) is 97.4 Å². The van der Waals surface area contributed by atoms with Gasteiger partial charge in [-0.3, -0.25) is 0 Å². The van der Waals surface area contributed by atoms with Crippen molar-refractivity contribution in [3.63, 3.8) is 0 Å². The lowest BCUT2D eigenvalue weighted by molar-refractivity contribution is 1.63. The molecule has 1 heterocycles. The standard InChI is InChI=1S/C50H32S/c1-2-12-36(13-3-1)47-28-29-48(51-47)37-22-18-35(19-23-37)40-26-27-45-46(32-40)50(42-25-21-34-11-5-7-15-39(34)31-42)44-17-9-8-16-43(44)49(45)41-24-20-33-10-4-6-14-38(33)30-41/h1-32H. The van der Waals surface area contributed by atoms with Crippen molar-refractivity contribution in [3.05, 3.63) is 194 Å². The molecule has 0 fully saturated rings. The maximum atomic E-state index is 2.42. The molecule has 0 nitrogen and oxygen atoms in total. The first kappa shape index (κ1) is 29.6. The van der Waals surface area contributed by atoms with E-state index in [1.165, 1.54) is 97.4 Å². The van der Waals surface area contributed by atoms with E-state index in [1.54, 1.807) is 0 Å². The molecule has 51 heavy (non-hydrogen) atoms. The highest BCUT2D eigenvalue weighted by Crippen LogP contribution is 2.46. The second-order valence-corrected chi connectivity index (χ2v) is 14.4. The average molecular weight is 665 g/mol. The minimum atomic E-state index is 1.21. The van der Waals surface area contributed by atoms with Crippen LogP contribution in [0.15, 0.2) is 194 Å². The highest BCUT2D eigenvalue weighted by Gasteiger charge is 2.18. The van der Waals surface area contributed by atoms with Crippen molar-refractivity contribution in [1.29, 1.82) is 0 Å². The predicted octanol–water partition coefficient (Wildman–Crippen LogP) is 14.7. The monoisotopic (exact) mass is 664 g/mol. The lowest BCUT2D eigenvalue weighted by atomic mass is 9.84. The van der Waals surface area contributed by atoms with E-state index in [0.29, 0.717) is 0 Å². The molecule has 10 aromatic rings. The Morgan fingerprint density at radius 2 is 0.667 bits per heavy atom. The van der Waals surface area contributed by atoms with Gasteiger partial charge in [-0.15, -0.1) is 11.3 Å². The molecule has 9 aromatic carbocycles. The van der Waals surface area contributed by atoms with Crippen molar-refractivity contribution in [3.8, 4) is 54.3 Å². The normalized spacial score (nSPS) is 11.5. The fraction of sp³-hybridized carbons (Fsp3) is 0. The van der Waals surface area contributed by atoms with Crippen LogP contribution in [0.1, 0.15) is 0 Å². The van der Waals surface area contributed by atoms with Gasteiger partial charge in [-0.05, 0) is 118 Å². The molecule has 0 atom stereocenters. The summed E-state index contributed by atoms with van der Waals surface area (Å²) in [6.45, 7) is 0. The van der Waals surface area contributed by atoms with Gasteiger partial charge in [-0.1, -0.05) is 164 Å². The summed E-state index contributed by atoms with van der Waals surface area (Å²) < 4.78 is 0. The van der Waals surface area contributed by atoms with Gasteiger partial charge >= 0.3 is 0 Å². The number of hydrogen-bond donors (Lipinski definition) is 0. The van der Waals surface area contributed by atoms with Crippen LogP contribution in [0.2, 0.25) is 0 Å². The Morgan fingerprint density at radius 3 is 1.27 bits per heavy atom. The van der Waals surface area contributed by atoms with Crippen molar-refractivity contribution in [2.45, 2.75) is 0 Å². The van der Waals surface area contributed by atoms with Crippen LogP contribution in [0, 0.1) is 0 Å². The van der Waals surface area contributed by atoms with Crippen LogP contribution in [-0.2, 0) is 0 Å². The molecule has 0 N–H and O–H groups in total. The van der Waals surface area contributed by atoms with Gasteiger partial charge in [0.2, 0.25) is 0 Å². The van der Waals surface area contributed by atoms with Gasteiger partial charge in [0.25, 0.3) is 0 Å². The molecule has 10 rings (SSSR count). The van der Waals surface area contributed by atoms with Gasteiger partial charge in [-0.25, -0.2) is 0 Å². The quantitative estimate of drug-likeness (QED) is 0.161. The first-order chi connectivity index (χ1) is 25.3. The van der Waals surface area contributed by atoms with E-state index >= 15 is 0 Å². The Bertz CT molecular complexity index is 2890. The SMILES string of the molecule is c1ccc(-c2ccc(-c3ccc(-c4ccc5c(-c6ccc7ccccc7c6)c6ccccc6c(-c6ccc7ccccc7c6)c5c4)cc3)s2)cc1. The molecular weight excluding hydrogens is 633 g/mol. The first-order valence-corrected chi connectivity index (χ1v) is 18.3. The van der Waals surface area contributed by atoms with Crippen LogP contribution in [0.3, 0.4) is 0 Å². The van der Waals surface area contributed by atoms with Gasteiger partial charge in [0.1, 0.15) is 0 Å². The fourth-order valence-corrected chi connectivity index (χ4v) is 8.76. The molecule has 0 aliphatic heterocycles. The Hall–Kier alpha value is -6.28. The zero-order valence-corrected chi connectivity index (χ0v) is 28.7. The second-order valence-electron chi connectivity index (χ2n) is 13.3. The highest BCUT2D eigenvalue weighted by atomic mass is 32.1. The zero-order chi connectivity index (χ0) is 33.7. The van der Waals surface area contributed by atoms with E-state index in [2.05, 4.69) is 194 Å². The van der Waals surface area contributed by atoms with E-state index in [4.69, 9.17) is 0 Å². The van der Waals surface area contributed by atoms with Crippen LogP contribution in [0.5, 0.6) is 0 Å². The van der Waals surface area contributed by atoms with E-state index in [0.717, 1.165) is 0 Å². The lowest BCUT2D eigenvalue weighted by Gasteiger charge is -2.19. The molecule has 1 heteroatoms. The maximum Gasteiger partial charge on any atom is 0.0349 e. The highest BCUT2D eigenvalue weighted by molar-refractivity contribution is 7.18. The maximum absolute atomic E-state index is 2.42. The van der Waals surface area contributed by atoms with Crippen molar-refractivity contribution < 1.29 is 0 Å². The van der Waals surface area contributed by atoms with Crippen LogP contribution < -0.4 is 0 Å².